The van der Waals surface area contributed by atoms with Gasteiger partial charge < -0.3 is 10.6 Å². The average Bonchev–Trinajstić information content (AvgIpc) is 3.18. The van der Waals surface area contributed by atoms with Crippen LogP contribution in [0.3, 0.4) is 0 Å². The van der Waals surface area contributed by atoms with Crippen LogP contribution in [0.1, 0.15) is 18.4 Å². The molecule has 1 fully saturated rings. The molecule has 2 aromatic rings. The van der Waals surface area contributed by atoms with E-state index in [0.29, 0.717) is 37.2 Å². The number of hydrogen-bond acceptors (Lipinski definition) is 5. The molecule has 8 nitrogen and oxygen atoms in total. The van der Waals surface area contributed by atoms with Crippen LogP contribution in [-0.2, 0) is 20.4 Å². The largest absolute Gasteiger partial charge is 0.324 e. The van der Waals surface area contributed by atoms with Gasteiger partial charge in [0.15, 0.2) is 0 Å². The van der Waals surface area contributed by atoms with Crippen LogP contribution in [0.15, 0.2) is 41.6 Å². The highest BCUT2D eigenvalue weighted by molar-refractivity contribution is 7.89. The van der Waals surface area contributed by atoms with Crippen molar-refractivity contribution in [1.29, 1.82) is 0 Å². The normalized spacial score (nSPS) is 17.0. The predicted molar refractivity (Wildman–Crippen MR) is 103 cm³/mol. The lowest BCUT2D eigenvalue weighted by Gasteiger charge is -2.36. The standard InChI is InChI=1S/C18H25N5O3S/c1-14-5-6-15(13-16(14)27(25,26)22(2)3)21-17(24)18(7-10-19-11-8-18)23-12-4-9-20-23/h4-6,9,12-13,19H,7-8,10-11H2,1-3H3,(H,21,24). The number of nitrogens with zero attached hydrogens (tertiary/aromatic N) is 3. The molecule has 0 unspecified atom stereocenters. The zero-order valence-corrected chi connectivity index (χ0v) is 16.6. The van der Waals surface area contributed by atoms with Crippen LogP contribution in [0, 0.1) is 6.92 Å². The van der Waals surface area contributed by atoms with Crippen molar-refractivity contribution in [2.45, 2.75) is 30.2 Å². The van der Waals surface area contributed by atoms with Crippen LogP contribution in [0.4, 0.5) is 5.69 Å². The molecular weight excluding hydrogens is 366 g/mol. The van der Waals surface area contributed by atoms with E-state index in [4.69, 9.17) is 0 Å². The summed E-state index contributed by atoms with van der Waals surface area (Å²) < 4.78 is 27.9. The quantitative estimate of drug-likeness (QED) is 0.797. The maximum Gasteiger partial charge on any atom is 0.252 e. The van der Waals surface area contributed by atoms with Crippen molar-refractivity contribution in [3.05, 3.63) is 42.2 Å². The minimum atomic E-state index is -3.59. The van der Waals surface area contributed by atoms with E-state index in [1.54, 1.807) is 42.2 Å². The Morgan fingerprint density at radius 3 is 2.59 bits per heavy atom. The molecule has 3 rings (SSSR count). The van der Waals surface area contributed by atoms with E-state index in [1.807, 2.05) is 0 Å². The summed E-state index contributed by atoms with van der Waals surface area (Å²) in [4.78, 5) is 13.4. The number of hydrogen-bond donors (Lipinski definition) is 2. The highest BCUT2D eigenvalue weighted by atomic mass is 32.2. The van der Waals surface area contributed by atoms with Gasteiger partial charge in [0.1, 0.15) is 5.54 Å². The van der Waals surface area contributed by atoms with Crippen molar-refractivity contribution >= 4 is 21.6 Å². The van der Waals surface area contributed by atoms with Crippen LogP contribution in [-0.4, -0.2) is 55.6 Å². The summed E-state index contributed by atoms with van der Waals surface area (Å²) in [5.41, 5.74) is 0.293. The fourth-order valence-electron chi connectivity index (χ4n) is 3.32. The molecule has 2 heterocycles. The van der Waals surface area contributed by atoms with E-state index in [9.17, 15) is 13.2 Å². The second kappa shape index (κ2) is 7.41. The molecule has 1 aliphatic heterocycles. The first-order valence-corrected chi connectivity index (χ1v) is 10.3. The first kappa shape index (κ1) is 19.5. The Balaban J connectivity index is 1.93. The Morgan fingerprint density at radius 1 is 1.30 bits per heavy atom. The summed E-state index contributed by atoms with van der Waals surface area (Å²) in [6.45, 7) is 3.16. The maximum absolute atomic E-state index is 13.2. The molecule has 0 spiro atoms. The van der Waals surface area contributed by atoms with Gasteiger partial charge in [0.05, 0.1) is 4.90 Å². The molecule has 0 atom stereocenters. The second-order valence-electron chi connectivity index (χ2n) is 6.95. The lowest BCUT2D eigenvalue weighted by Crippen LogP contribution is -2.52. The first-order valence-electron chi connectivity index (χ1n) is 8.83. The molecule has 27 heavy (non-hydrogen) atoms. The number of amides is 1. The number of anilines is 1. The van der Waals surface area contributed by atoms with Gasteiger partial charge in [0.2, 0.25) is 10.0 Å². The Kier molecular flexibility index (Phi) is 5.36. The van der Waals surface area contributed by atoms with Gasteiger partial charge in [-0.3, -0.25) is 9.48 Å². The monoisotopic (exact) mass is 391 g/mol. The van der Waals surface area contributed by atoms with Gasteiger partial charge in [-0.1, -0.05) is 6.07 Å². The lowest BCUT2D eigenvalue weighted by molar-refractivity contribution is -0.126. The maximum atomic E-state index is 13.2. The number of aromatic nitrogens is 2. The summed E-state index contributed by atoms with van der Waals surface area (Å²) in [6.07, 6.45) is 4.66. The lowest BCUT2D eigenvalue weighted by atomic mass is 9.87. The van der Waals surface area contributed by atoms with Gasteiger partial charge >= 0.3 is 0 Å². The smallest absolute Gasteiger partial charge is 0.252 e. The van der Waals surface area contributed by atoms with Gasteiger partial charge in [-0.05, 0) is 56.6 Å². The Morgan fingerprint density at radius 2 is 2.00 bits per heavy atom. The third-order valence-corrected chi connectivity index (χ3v) is 6.96. The fraction of sp³-hybridized carbons (Fsp3) is 0.444. The molecule has 1 aromatic carbocycles. The average molecular weight is 391 g/mol. The summed E-state index contributed by atoms with van der Waals surface area (Å²) in [7, 11) is -0.619. The molecule has 0 saturated carbocycles. The third kappa shape index (κ3) is 3.62. The SMILES string of the molecule is Cc1ccc(NC(=O)C2(n3cccn3)CCNCC2)cc1S(=O)(=O)N(C)C. The van der Waals surface area contributed by atoms with Crippen LogP contribution in [0.5, 0.6) is 0 Å². The van der Waals surface area contributed by atoms with Crippen LogP contribution in [0.2, 0.25) is 0 Å². The number of nitrogens with one attached hydrogen (secondary N) is 2. The number of carbonyl (C=O) groups is 1. The first-order chi connectivity index (χ1) is 12.8. The molecule has 1 amide bonds. The van der Waals surface area contributed by atoms with Gasteiger partial charge in [-0.15, -0.1) is 0 Å². The molecule has 1 aliphatic rings. The number of carbonyl (C=O) groups excluding carboxylic acids is 1. The van der Waals surface area contributed by atoms with Crippen LogP contribution >= 0.6 is 0 Å². The van der Waals surface area contributed by atoms with Crippen molar-refractivity contribution < 1.29 is 13.2 Å². The molecule has 1 aromatic heterocycles. The van der Waals surface area contributed by atoms with E-state index < -0.39 is 15.6 Å². The van der Waals surface area contributed by atoms with Crippen molar-refractivity contribution in [1.82, 2.24) is 19.4 Å². The van der Waals surface area contributed by atoms with Crippen molar-refractivity contribution in [2.75, 3.05) is 32.5 Å². The number of sulfonamides is 1. The minimum Gasteiger partial charge on any atom is -0.324 e. The summed E-state index contributed by atoms with van der Waals surface area (Å²) >= 11 is 0. The number of aryl methyl sites for hydroxylation is 1. The van der Waals surface area contributed by atoms with E-state index >= 15 is 0 Å². The molecule has 0 aliphatic carbocycles. The van der Waals surface area contributed by atoms with Gasteiger partial charge in [-0.2, -0.15) is 5.10 Å². The number of benzene rings is 1. The van der Waals surface area contributed by atoms with Crippen molar-refractivity contribution in [2.24, 2.45) is 0 Å². The fourth-order valence-corrected chi connectivity index (χ4v) is 4.47. The van der Waals surface area contributed by atoms with Gasteiger partial charge in [0, 0.05) is 32.2 Å². The highest BCUT2D eigenvalue weighted by Crippen LogP contribution is 2.30. The minimum absolute atomic E-state index is 0.184. The zero-order chi connectivity index (χ0) is 19.7. The number of piperidine rings is 1. The summed E-state index contributed by atoms with van der Waals surface area (Å²) in [5.74, 6) is -0.190. The molecule has 9 heteroatoms. The highest BCUT2D eigenvalue weighted by Gasteiger charge is 2.42. The topological polar surface area (TPSA) is 96.3 Å². The Hall–Kier alpha value is -2.23. The van der Waals surface area contributed by atoms with Crippen molar-refractivity contribution in [3.63, 3.8) is 0 Å². The summed E-state index contributed by atoms with van der Waals surface area (Å²) in [5, 5.41) is 10.5. The molecular formula is C18H25N5O3S. The zero-order valence-electron chi connectivity index (χ0n) is 15.8. The van der Waals surface area contributed by atoms with E-state index in [1.165, 1.54) is 24.5 Å². The van der Waals surface area contributed by atoms with Crippen molar-refractivity contribution in [3.8, 4) is 0 Å². The molecule has 2 N–H and O–H groups in total. The van der Waals surface area contributed by atoms with Gasteiger partial charge in [-0.25, -0.2) is 12.7 Å². The van der Waals surface area contributed by atoms with Gasteiger partial charge in [0.25, 0.3) is 5.91 Å². The van der Waals surface area contributed by atoms with E-state index in [2.05, 4.69) is 15.7 Å². The van der Waals surface area contributed by atoms with E-state index in [-0.39, 0.29) is 10.8 Å². The molecule has 0 radical (unpaired) electrons. The molecule has 0 bridgehead atoms. The molecule has 146 valence electrons. The Bertz CT molecular complexity index is 916. The van der Waals surface area contributed by atoms with Crippen LogP contribution in [0.25, 0.3) is 0 Å². The Labute approximate surface area is 159 Å². The predicted octanol–water partition coefficient (Wildman–Crippen LogP) is 1.16. The third-order valence-electron chi connectivity index (χ3n) is 5.00. The second-order valence-corrected chi connectivity index (χ2v) is 9.07. The molecule has 1 saturated heterocycles. The summed E-state index contributed by atoms with van der Waals surface area (Å²) in [6, 6.07) is 6.74. The van der Waals surface area contributed by atoms with E-state index in [0.717, 1.165) is 0 Å². The number of rotatable bonds is 5. The van der Waals surface area contributed by atoms with Crippen LogP contribution < -0.4 is 10.6 Å².